The van der Waals surface area contributed by atoms with Gasteiger partial charge in [-0.1, -0.05) is 66.7 Å². The molecule has 0 aliphatic heterocycles. The van der Waals surface area contributed by atoms with Crippen molar-refractivity contribution < 1.29 is 14.3 Å². The van der Waals surface area contributed by atoms with Gasteiger partial charge in [-0.3, -0.25) is 0 Å². The van der Waals surface area contributed by atoms with Crippen molar-refractivity contribution >= 4 is 22.7 Å². The van der Waals surface area contributed by atoms with Crippen LogP contribution >= 0.6 is 0 Å². The molecule has 0 saturated heterocycles. The zero-order valence-electron chi connectivity index (χ0n) is 21.8. The third-order valence-electron chi connectivity index (χ3n) is 6.95. The highest BCUT2D eigenvalue weighted by atomic mass is 19.1. The topological polar surface area (TPSA) is 87.0 Å². The van der Waals surface area contributed by atoms with E-state index in [4.69, 9.17) is 0 Å². The molecule has 3 aromatic heterocycles. The number of benzene rings is 3. The maximum Gasteiger partial charge on any atom is 0.337 e. The van der Waals surface area contributed by atoms with Gasteiger partial charge in [-0.2, -0.15) is 0 Å². The van der Waals surface area contributed by atoms with Gasteiger partial charge < -0.3 is 19.6 Å². The average molecular weight is 532 g/mol. The Morgan fingerprint density at radius 2 is 1.62 bits per heavy atom. The average Bonchev–Trinajstić information content (AvgIpc) is 3.59. The molecule has 2 N–H and O–H groups in total. The van der Waals surface area contributed by atoms with E-state index < -0.39 is 11.8 Å². The van der Waals surface area contributed by atoms with Crippen molar-refractivity contribution in [1.82, 2.24) is 19.5 Å². The maximum absolute atomic E-state index is 15.5. The number of nitrogens with one attached hydrogen (secondary N) is 1. The van der Waals surface area contributed by atoms with Crippen molar-refractivity contribution in [2.24, 2.45) is 7.05 Å². The van der Waals surface area contributed by atoms with Gasteiger partial charge in [0, 0.05) is 60.9 Å². The molecule has 0 aliphatic carbocycles. The molecule has 0 fully saturated rings. The number of aromatic amines is 1. The number of imidazole rings is 1. The van der Waals surface area contributed by atoms with E-state index in [1.54, 1.807) is 30.6 Å². The Morgan fingerprint density at radius 1 is 0.950 bits per heavy atom. The zero-order chi connectivity index (χ0) is 27.6. The zero-order valence-corrected chi connectivity index (χ0v) is 21.8. The van der Waals surface area contributed by atoms with Crippen LogP contribution < -0.4 is 4.90 Å². The quantitative estimate of drug-likeness (QED) is 0.229. The van der Waals surface area contributed by atoms with Crippen LogP contribution in [0.3, 0.4) is 0 Å². The number of hydrogen-bond donors (Lipinski definition) is 2. The minimum atomic E-state index is -1.10. The van der Waals surface area contributed by atoms with Crippen molar-refractivity contribution in [1.29, 1.82) is 0 Å². The van der Waals surface area contributed by atoms with Crippen LogP contribution in [-0.4, -0.2) is 30.6 Å². The standard InChI is InChI=1S/C32H26FN5O2/c1-37-15-14-34-30(37)23-12-13-24(27(33)16-23)28-17-25-26(32(39)40)18-35-31(29(25)36-28)38(19-21-8-4-2-5-9-21)20-22-10-6-3-7-11-22/h2-18,36H,19-20H2,1H3,(H,39,40). The minimum Gasteiger partial charge on any atom is -0.478 e. The number of rotatable bonds is 8. The van der Waals surface area contributed by atoms with Gasteiger partial charge in [-0.05, 0) is 29.3 Å². The lowest BCUT2D eigenvalue weighted by Gasteiger charge is -2.25. The number of aromatic carboxylic acids is 1. The molecular weight excluding hydrogens is 505 g/mol. The van der Waals surface area contributed by atoms with Crippen molar-refractivity contribution in [2.75, 3.05) is 4.90 Å². The van der Waals surface area contributed by atoms with Gasteiger partial charge in [0.25, 0.3) is 0 Å². The highest BCUT2D eigenvalue weighted by Gasteiger charge is 2.22. The minimum absolute atomic E-state index is 0.0469. The Bertz CT molecular complexity index is 1770. The number of pyridine rings is 1. The molecule has 0 saturated carbocycles. The van der Waals surface area contributed by atoms with E-state index in [1.165, 1.54) is 12.3 Å². The molecular formula is C32H26FN5O2. The molecule has 40 heavy (non-hydrogen) atoms. The molecule has 0 radical (unpaired) electrons. The maximum atomic E-state index is 15.5. The summed E-state index contributed by atoms with van der Waals surface area (Å²) in [5.41, 5.74) is 4.19. The largest absolute Gasteiger partial charge is 0.478 e. The Balaban J connectivity index is 1.47. The Hall–Kier alpha value is -5.24. The third kappa shape index (κ3) is 4.82. The summed E-state index contributed by atoms with van der Waals surface area (Å²) in [6.07, 6.45) is 4.84. The molecule has 6 rings (SSSR count). The van der Waals surface area contributed by atoms with Gasteiger partial charge >= 0.3 is 5.97 Å². The van der Waals surface area contributed by atoms with E-state index in [1.807, 2.05) is 72.3 Å². The molecule has 8 heteroatoms. The second-order valence-electron chi connectivity index (χ2n) is 9.66. The van der Waals surface area contributed by atoms with E-state index in [0.29, 0.717) is 52.5 Å². The highest BCUT2D eigenvalue weighted by molar-refractivity contribution is 6.07. The fraction of sp³-hybridized carbons (Fsp3) is 0.0938. The predicted octanol–water partition coefficient (Wildman–Crippen LogP) is 6.67. The molecule has 198 valence electrons. The number of carboxylic acids is 1. The lowest BCUT2D eigenvalue weighted by molar-refractivity contribution is 0.0698. The van der Waals surface area contributed by atoms with Crippen LogP contribution in [-0.2, 0) is 20.1 Å². The van der Waals surface area contributed by atoms with Gasteiger partial charge in [0.1, 0.15) is 11.6 Å². The van der Waals surface area contributed by atoms with Gasteiger partial charge in [0.15, 0.2) is 5.82 Å². The molecule has 0 bridgehead atoms. The van der Waals surface area contributed by atoms with Gasteiger partial charge in [0.2, 0.25) is 0 Å². The third-order valence-corrected chi connectivity index (χ3v) is 6.95. The number of carbonyl (C=O) groups is 1. The normalized spacial score (nSPS) is 11.2. The lowest BCUT2D eigenvalue weighted by atomic mass is 10.1. The Kier molecular flexibility index (Phi) is 6.57. The number of fused-ring (bicyclic) bond motifs is 1. The van der Waals surface area contributed by atoms with Crippen LogP contribution in [0.5, 0.6) is 0 Å². The fourth-order valence-corrected chi connectivity index (χ4v) is 4.99. The van der Waals surface area contributed by atoms with Gasteiger partial charge in [-0.25, -0.2) is 19.2 Å². The first kappa shape index (κ1) is 25.1. The van der Waals surface area contributed by atoms with E-state index in [9.17, 15) is 9.90 Å². The SMILES string of the molecule is Cn1ccnc1-c1ccc(-c2cc3c(C(=O)O)cnc(N(Cc4ccccc4)Cc4ccccc4)c3[nH]2)c(F)c1. The molecule has 0 spiro atoms. The second kappa shape index (κ2) is 10.5. The number of halogens is 1. The Morgan fingerprint density at radius 3 is 2.20 bits per heavy atom. The van der Waals surface area contributed by atoms with Gasteiger partial charge in [-0.15, -0.1) is 0 Å². The summed E-state index contributed by atoms with van der Waals surface area (Å²) in [6, 6.07) is 26.6. The first-order chi connectivity index (χ1) is 19.5. The van der Waals surface area contributed by atoms with Crippen LogP contribution in [0.15, 0.2) is 104 Å². The first-order valence-electron chi connectivity index (χ1n) is 12.8. The molecule has 0 amide bonds. The molecule has 3 aromatic carbocycles. The van der Waals surface area contributed by atoms with Crippen LogP contribution in [0.2, 0.25) is 0 Å². The van der Waals surface area contributed by atoms with Gasteiger partial charge in [0.05, 0.1) is 11.1 Å². The molecule has 0 unspecified atom stereocenters. The molecule has 6 aromatic rings. The number of nitrogens with zero attached hydrogens (tertiary/aromatic N) is 4. The molecule has 0 atom stereocenters. The number of anilines is 1. The summed E-state index contributed by atoms with van der Waals surface area (Å²) in [4.78, 5) is 26.5. The van der Waals surface area contributed by atoms with Crippen molar-refractivity contribution in [3.05, 3.63) is 126 Å². The van der Waals surface area contributed by atoms with Crippen LogP contribution in [0.1, 0.15) is 21.5 Å². The monoisotopic (exact) mass is 531 g/mol. The molecule has 3 heterocycles. The summed E-state index contributed by atoms with van der Waals surface area (Å²) in [6.45, 7) is 1.09. The number of aromatic nitrogens is 4. The highest BCUT2D eigenvalue weighted by Crippen LogP contribution is 2.35. The van der Waals surface area contributed by atoms with Crippen LogP contribution in [0.4, 0.5) is 10.2 Å². The van der Waals surface area contributed by atoms with Crippen LogP contribution in [0, 0.1) is 5.82 Å². The van der Waals surface area contributed by atoms with Crippen molar-refractivity contribution in [3.8, 4) is 22.6 Å². The number of carboxylic acid groups (broad SMARTS) is 1. The smallest absolute Gasteiger partial charge is 0.337 e. The molecule has 7 nitrogen and oxygen atoms in total. The second-order valence-corrected chi connectivity index (χ2v) is 9.66. The number of aryl methyl sites for hydroxylation is 1. The van der Waals surface area contributed by atoms with E-state index in [0.717, 1.165) is 11.1 Å². The van der Waals surface area contributed by atoms with E-state index in [-0.39, 0.29) is 5.56 Å². The Labute approximate surface area is 230 Å². The summed E-state index contributed by atoms with van der Waals surface area (Å²) in [5, 5.41) is 10.4. The summed E-state index contributed by atoms with van der Waals surface area (Å²) in [5.74, 6) is -0.301. The summed E-state index contributed by atoms with van der Waals surface area (Å²) >= 11 is 0. The number of hydrogen-bond acceptors (Lipinski definition) is 4. The first-order valence-corrected chi connectivity index (χ1v) is 12.8. The molecule has 0 aliphatic rings. The number of H-pyrrole nitrogens is 1. The summed E-state index contributed by atoms with van der Waals surface area (Å²) < 4.78 is 17.3. The van der Waals surface area contributed by atoms with Crippen LogP contribution in [0.25, 0.3) is 33.5 Å². The lowest BCUT2D eigenvalue weighted by Crippen LogP contribution is -2.23. The fourth-order valence-electron chi connectivity index (χ4n) is 4.99. The van der Waals surface area contributed by atoms with Crippen molar-refractivity contribution in [3.63, 3.8) is 0 Å². The van der Waals surface area contributed by atoms with E-state index in [2.05, 4.69) is 19.9 Å². The predicted molar refractivity (Wildman–Crippen MR) is 153 cm³/mol. The van der Waals surface area contributed by atoms with Crippen molar-refractivity contribution in [2.45, 2.75) is 13.1 Å². The summed E-state index contributed by atoms with van der Waals surface area (Å²) in [7, 11) is 1.85. The van der Waals surface area contributed by atoms with E-state index >= 15 is 4.39 Å².